The summed E-state index contributed by atoms with van der Waals surface area (Å²) < 4.78 is 39.5. The molecule has 9 heteroatoms. The van der Waals surface area contributed by atoms with Gasteiger partial charge in [-0.25, -0.2) is 0 Å². The van der Waals surface area contributed by atoms with Crippen molar-refractivity contribution in [2.75, 3.05) is 10.3 Å². The largest absolute Gasteiger partial charge is 0.416 e. The minimum absolute atomic E-state index is 0.0811. The minimum atomic E-state index is -4.52. The zero-order valence-corrected chi connectivity index (χ0v) is 17.2. The number of benzene rings is 3. The average Bonchev–Trinajstić information content (AvgIpc) is 2.78. The summed E-state index contributed by atoms with van der Waals surface area (Å²) in [4.78, 5) is 12.3. The third-order valence-electron chi connectivity index (χ3n) is 4.31. The molecule has 5 nitrogen and oxygen atoms in total. The lowest BCUT2D eigenvalue weighted by Gasteiger charge is -2.20. The first kappa shape index (κ1) is 22.8. The Balaban J connectivity index is 1.85. The maximum absolute atomic E-state index is 13.2. The molecule has 0 saturated heterocycles. The summed E-state index contributed by atoms with van der Waals surface area (Å²) in [6, 6.07) is 19.6. The van der Waals surface area contributed by atoms with Crippen LogP contribution in [0.2, 0.25) is 5.02 Å². The van der Waals surface area contributed by atoms with Crippen molar-refractivity contribution in [3.8, 4) is 6.07 Å². The van der Waals surface area contributed by atoms with Crippen molar-refractivity contribution in [2.24, 2.45) is 5.10 Å². The minimum Gasteiger partial charge on any atom is -0.321 e. The molecular weight excluding hydrogens is 441 g/mol. The van der Waals surface area contributed by atoms with E-state index in [2.05, 4.69) is 10.4 Å². The molecule has 0 aliphatic carbocycles. The second kappa shape index (κ2) is 9.98. The molecule has 3 aromatic carbocycles. The second-order valence-corrected chi connectivity index (χ2v) is 7.09. The van der Waals surface area contributed by atoms with E-state index in [1.54, 1.807) is 48.5 Å². The summed E-state index contributed by atoms with van der Waals surface area (Å²) in [5, 5.41) is 17.4. The molecule has 0 bridgehead atoms. The molecule has 0 aliphatic heterocycles. The van der Waals surface area contributed by atoms with E-state index in [1.807, 2.05) is 6.07 Å². The molecule has 0 heterocycles. The predicted molar refractivity (Wildman–Crippen MR) is 117 cm³/mol. The molecule has 0 fully saturated rings. The lowest BCUT2D eigenvalue weighted by atomic mass is 10.1. The number of nitriles is 1. The number of amides is 1. The fourth-order valence-electron chi connectivity index (χ4n) is 2.73. The van der Waals surface area contributed by atoms with Gasteiger partial charge in [-0.3, -0.25) is 9.80 Å². The van der Waals surface area contributed by atoms with Gasteiger partial charge in [0.25, 0.3) is 5.91 Å². The molecule has 0 unspecified atom stereocenters. The van der Waals surface area contributed by atoms with Crippen LogP contribution in [0.25, 0.3) is 0 Å². The maximum atomic E-state index is 13.2. The fraction of sp³-hybridized carbons (Fsp3) is 0.0870. The number of halogens is 4. The molecule has 0 radical (unpaired) electrons. The molecule has 32 heavy (non-hydrogen) atoms. The SMILES string of the molecule is N#Cc1ccc(CN(N=CC(=O)Nc2ccc(Cl)cc2)c2cccc(C(F)(F)F)c2)cc1. The average molecular weight is 457 g/mol. The van der Waals surface area contributed by atoms with Gasteiger partial charge in [0.15, 0.2) is 0 Å². The quantitative estimate of drug-likeness (QED) is 0.373. The van der Waals surface area contributed by atoms with Gasteiger partial charge >= 0.3 is 6.18 Å². The monoisotopic (exact) mass is 456 g/mol. The smallest absolute Gasteiger partial charge is 0.321 e. The van der Waals surface area contributed by atoms with Crippen LogP contribution in [0.4, 0.5) is 24.5 Å². The van der Waals surface area contributed by atoms with Gasteiger partial charge in [-0.2, -0.15) is 23.5 Å². The highest BCUT2D eigenvalue weighted by Gasteiger charge is 2.30. The second-order valence-electron chi connectivity index (χ2n) is 6.66. The van der Waals surface area contributed by atoms with Crippen LogP contribution in [0.5, 0.6) is 0 Å². The summed E-state index contributed by atoms with van der Waals surface area (Å²) >= 11 is 5.82. The van der Waals surface area contributed by atoms with Crippen molar-refractivity contribution >= 4 is 35.1 Å². The molecule has 0 atom stereocenters. The first-order valence-electron chi connectivity index (χ1n) is 9.29. The van der Waals surface area contributed by atoms with Crippen molar-refractivity contribution in [2.45, 2.75) is 12.7 Å². The highest BCUT2D eigenvalue weighted by Crippen LogP contribution is 2.32. The molecule has 1 N–H and O–H groups in total. The molecule has 0 aliphatic rings. The number of hydrazone groups is 1. The Morgan fingerprint density at radius 3 is 2.41 bits per heavy atom. The van der Waals surface area contributed by atoms with Gasteiger partial charge in [-0.05, 0) is 60.2 Å². The predicted octanol–water partition coefficient (Wildman–Crippen LogP) is 5.86. The normalized spacial score (nSPS) is 11.2. The Morgan fingerprint density at radius 1 is 1.09 bits per heavy atom. The Bertz CT molecular complexity index is 1150. The number of alkyl halides is 3. The van der Waals surface area contributed by atoms with Gasteiger partial charge in [-0.1, -0.05) is 29.8 Å². The number of carbonyl (C=O) groups excluding carboxylic acids is 1. The van der Waals surface area contributed by atoms with Gasteiger partial charge in [0.2, 0.25) is 0 Å². The van der Waals surface area contributed by atoms with Crippen LogP contribution in [0.1, 0.15) is 16.7 Å². The van der Waals surface area contributed by atoms with Crippen LogP contribution in [0, 0.1) is 11.3 Å². The molecule has 0 aromatic heterocycles. The number of nitrogens with one attached hydrogen (secondary N) is 1. The zero-order chi connectivity index (χ0) is 23.1. The van der Waals surface area contributed by atoms with Gasteiger partial charge < -0.3 is 5.32 Å². The Hall–Kier alpha value is -3.83. The number of nitrogens with zero attached hydrogens (tertiary/aromatic N) is 3. The van der Waals surface area contributed by atoms with E-state index in [4.69, 9.17) is 16.9 Å². The molecule has 162 valence electrons. The van der Waals surface area contributed by atoms with Gasteiger partial charge in [0, 0.05) is 10.7 Å². The molecule has 1 amide bonds. The highest BCUT2D eigenvalue weighted by molar-refractivity contribution is 6.32. The van der Waals surface area contributed by atoms with Crippen molar-refractivity contribution in [3.63, 3.8) is 0 Å². The van der Waals surface area contributed by atoms with E-state index in [0.29, 0.717) is 21.8 Å². The summed E-state index contributed by atoms with van der Waals surface area (Å²) in [5.74, 6) is -0.566. The first-order valence-corrected chi connectivity index (χ1v) is 9.67. The zero-order valence-electron chi connectivity index (χ0n) is 16.5. The molecule has 3 aromatic rings. The Kier molecular flexibility index (Phi) is 7.13. The van der Waals surface area contributed by atoms with Crippen molar-refractivity contribution in [1.29, 1.82) is 5.26 Å². The summed E-state index contributed by atoms with van der Waals surface area (Å²) in [6.45, 7) is 0.0811. The molecule has 0 saturated carbocycles. The van der Waals surface area contributed by atoms with Gasteiger partial charge in [0.05, 0.1) is 29.4 Å². The number of carbonyl (C=O) groups is 1. The lowest BCUT2D eigenvalue weighted by molar-refractivity contribution is -0.137. The topological polar surface area (TPSA) is 68.5 Å². The van der Waals surface area contributed by atoms with Crippen molar-refractivity contribution in [3.05, 3.63) is 94.5 Å². The Labute approximate surface area is 187 Å². The first-order chi connectivity index (χ1) is 15.2. The number of anilines is 2. The van der Waals surface area contributed by atoms with E-state index in [-0.39, 0.29) is 12.2 Å². The highest BCUT2D eigenvalue weighted by atomic mass is 35.5. The van der Waals surface area contributed by atoms with Crippen LogP contribution in [-0.4, -0.2) is 12.1 Å². The van der Waals surface area contributed by atoms with E-state index in [9.17, 15) is 18.0 Å². The molecule has 3 rings (SSSR count). The number of rotatable bonds is 6. The van der Waals surface area contributed by atoms with Crippen molar-refractivity contribution < 1.29 is 18.0 Å². The van der Waals surface area contributed by atoms with Gasteiger partial charge in [-0.15, -0.1) is 0 Å². The lowest BCUT2D eigenvalue weighted by Crippen LogP contribution is -2.20. The number of hydrogen-bond donors (Lipinski definition) is 1. The van der Waals surface area contributed by atoms with Crippen molar-refractivity contribution in [1.82, 2.24) is 0 Å². The third-order valence-corrected chi connectivity index (χ3v) is 4.57. The maximum Gasteiger partial charge on any atom is 0.416 e. The van der Waals surface area contributed by atoms with E-state index >= 15 is 0 Å². The van der Waals surface area contributed by atoms with Gasteiger partial charge in [0.1, 0.15) is 6.21 Å². The van der Waals surface area contributed by atoms with E-state index in [0.717, 1.165) is 18.3 Å². The fourth-order valence-corrected chi connectivity index (χ4v) is 2.86. The van der Waals surface area contributed by atoms with E-state index < -0.39 is 17.6 Å². The third kappa shape index (κ3) is 6.33. The van der Waals surface area contributed by atoms with Crippen LogP contribution in [0.15, 0.2) is 77.9 Å². The van der Waals surface area contributed by atoms with E-state index in [1.165, 1.54) is 17.1 Å². The standard InChI is InChI=1S/C23H16ClF3N4O/c24-19-8-10-20(11-9-19)30-22(32)14-29-31(15-17-6-4-16(13-28)5-7-17)21-3-1-2-18(12-21)23(25,26)27/h1-12,14H,15H2,(H,30,32). The number of hydrogen-bond acceptors (Lipinski definition) is 4. The summed E-state index contributed by atoms with van der Waals surface area (Å²) in [7, 11) is 0. The molecule has 0 spiro atoms. The van der Waals surface area contributed by atoms with Crippen LogP contribution < -0.4 is 10.3 Å². The Morgan fingerprint density at radius 2 is 1.78 bits per heavy atom. The summed E-state index contributed by atoms with van der Waals surface area (Å²) in [6.07, 6.45) is -3.54. The van der Waals surface area contributed by atoms with Crippen LogP contribution >= 0.6 is 11.6 Å². The van der Waals surface area contributed by atoms with Crippen LogP contribution in [0.3, 0.4) is 0 Å². The molecular formula is C23H16ClF3N4O. The summed E-state index contributed by atoms with van der Waals surface area (Å²) in [5.41, 5.74) is 0.950. The van der Waals surface area contributed by atoms with Crippen LogP contribution in [-0.2, 0) is 17.5 Å².